The molecule has 0 saturated carbocycles. The molecule has 0 aliphatic heterocycles. The number of aromatic nitrogens is 2. The number of para-hydroxylation sites is 1. The molecule has 72 valence electrons. The maximum Gasteiger partial charge on any atom is 0.345 e. The van der Waals surface area contributed by atoms with Crippen molar-refractivity contribution in [3.63, 3.8) is 0 Å². The van der Waals surface area contributed by atoms with Gasteiger partial charge in [-0.3, -0.25) is 0 Å². The molecule has 3 N–H and O–H groups in total. The van der Waals surface area contributed by atoms with Crippen LogP contribution in [0.25, 0.3) is 10.9 Å². The van der Waals surface area contributed by atoms with Crippen LogP contribution >= 0.6 is 0 Å². The lowest BCUT2D eigenvalue weighted by atomic mass is 10.1. The number of nitrogens with two attached hydrogens (primary N) is 1. The second kappa shape index (κ2) is 3.23. The number of nitrogens with zero attached hydrogens (tertiary/aromatic N) is 1. The zero-order chi connectivity index (χ0) is 10.1. The maximum absolute atomic E-state index is 11.2. The number of H-pyrrole nitrogens is 1. The molecule has 4 heteroatoms. The Bertz CT molecular complexity index is 530. The highest BCUT2D eigenvalue weighted by Gasteiger charge is 2.04. The first-order valence-corrected chi connectivity index (χ1v) is 4.41. The standard InChI is InChI=1S/C10H11N3O/c1-6-3-2-4-7-8(5-11)12-10(14)13-9(6)7/h2-4H,5,11H2,1H3,(H,12,13,14). The van der Waals surface area contributed by atoms with Gasteiger partial charge >= 0.3 is 5.69 Å². The van der Waals surface area contributed by atoms with E-state index in [1.807, 2.05) is 25.1 Å². The SMILES string of the molecule is Cc1cccc2c(CN)[nH]c(=O)nc12. The van der Waals surface area contributed by atoms with Gasteiger partial charge in [-0.1, -0.05) is 18.2 Å². The molecule has 0 aliphatic carbocycles. The number of aryl methyl sites for hydroxylation is 1. The summed E-state index contributed by atoms with van der Waals surface area (Å²) in [5, 5.41) is 0.923. The van der Waals surface area contributed by atoms with Crippen molar-refractivity contribution in [1.29, 1.82) is 0 Å². The molecule has 1 aromatic carbocycles. The molecule has 14 heavy (non-hydrogen) atoms. The predicted molar refractivity (Wildman–Crippen MR) is 55.0 cm³/mol. The van der Waals surface area contributed by atoms with Crippen LogP contribution in [-0.2, 0) is 6.54 Å². The molecule has 0 bridgehead atoms. The molecule has 1 heterocycles. The Morgan fingerprint density at radius 1 is 1.50 bits per heavy atom. The van der Waals surface area contributed by atoms with Gasteiger partial charge in [0.25, 0.3) is 0 Å². The number of aromatic amines is 1. The van der Waals surface area contributed by atoms with Gasteiger partial charge in [0.15, 0.2) is 0 Å². The minimum atomic E-state index is -0.341. The van der Waals surface area contributed by atoms with E-state index in [-0.39, 0.29) is 5.69 Å². The van der Waals surface area contributed by atoms with Crippen molar-refractivity contribution < 1.29 is 0 Å². The van der Waals surface area contributed by atoms with Crippen molar-refractivity contribution in [2.45, 2.75) is 13.5 Å². The van der Waals surface area contributed by atoms with Gasteiger partial charge in [0.1, 0.15) is 0 Å². The fourth-order valence-electron chi connectivity index (χ4n) is 1.54. The first-order chi connectivity index (χ1) is 6.72. The molecule has 0 unspecified atom stereocenters. The van der Waals surface area contributed by atoms with Gasteiger partial charge in [0.05, 0.1) is 5.52 Å². The molecule has 0 saturated heterocycles. The first kappa shape index (κ1) is 8.90. The van der Waals surface area contributed by atoms with Gasteiger partial charge < -0.3 is 10.7 Å². The average Bonchev–Trinajstić information content (AvgIpc) is 2.18. The summed E-state index contributed by atoms with van der Waals surface area (Å²) in [6.07, 6.45) is 0. The van der Waals surface area contributed by atoms with Crippen LogP contribution in [0.2, 0.25) is 0 Å². The predicted octanol–water partition coefficient (Wildman–Crippen LogP) is 0.690. The molecular weight excluding hydrogens is 178 g/mol. The Labute approximate surface area is 80.8 Å². The van der Waals surface area contributed by atoms with Gasteiger partial charge in [0.2, 0.25) is 0 Å². The summed E-state index contributed by atoms with van der Waals surface area (Å²) >= 11 is 0. The minimum Gasteiger partial charge on any atom is -0.325 e. The highest BCUT2D eigenvalue weighted by molar-refractivity contribution is 5.83. The Morgan fingerprint density at radius 3 is 3.00 bits per heavy atom. The van der Waals surface area contributed by atoms with Gasteiger partial charge in [-0.25, -0.2) is 4.79 Å². The summed E-state index contributed by atoms with van der Waals surface area (Å²) in [6.45, 7) is 2.24. The van der Waals surface area contributed by atoms with Crippen molar-refractivity contribution >= 4 is 10.9 Å². The molecule has 0 aliphatic rings. The third-order valence-electron chi connectivity index (χ3n) is 2.24. The van der Waals surface area contributed by atoms with Gasteiger partial charge in [-0.2, -0.15) is 4.98 Å². The van der Waals surface area contributed by atoms with Gasteiger partial charge in [0, 0.05) is 17.6 Å². The van der Waals surface area contributed by atoms with E-state index in [1.165, 1.54) is 0 Å². The fraction of sp³-hybridized carbons (Fsp3) is 0.200. The lowest BCUT2D eigenvalue weighted by Gasteiger charge is -2.04. The topological polar surface area (TPSA) is 71.8 Å². The highest BCUT2D eigenvalue weighted by atomic mass is 16.1. The molecule has 1 aromatic heterocycles. The quantitative estimate of drug-likeness (QED) is 0.693. The monoisotopic (exact) mass is 189 g/mol. The molecular formula is C10H11N3O. The summed E-state index contributed by atoms with van der Waals surface area (Å²) in [4.78, 5) is 17.7. The van der Waals surface area contributed by atoms with Crippen molar-refractivity contribution in [3.05, 3.63) is 39.9 Å². The van der Waals surface area contributed by atoms with Crippen LogP contribution in [0, 0.1) is 6.92 Å². The number of hydrogen-bond donors (Lipinski definition) is 2. The number of rotatable bonds is 1. The fourth-order valence-corrected chi connectivity index (χ4v) is 1.54. The Balaban J connectivity index is 2.94. The second-order valence-corrected chi connectivity index (χ2v) is 3.20. The van der Waals surface area contributed by atoms with Gasteiger partial charge in [-0.15, -0.1) is 0 Å². The number of nitrogens with one attached hydrogen (secondary N) is 1. The summed E-state index contributed by atoms with van der Waals surface area (Å²) in [7, 11) is 0. The number of fused-ring (bicyclic) bond motifs is 1. The van der Waals surface area contributed by atoms with Crippen molar-refractivity contribution in [1.82, 2.24) is 9.97 Å². The third kappa shape index (κ3) is 1.29. The van der Waals surface area contributed by atoms with Crippen LogP contribution < -0.4 is 11.4 Å². The maximum atomic E-state index is 11.2. The molecule has 2 aromatic rings. The average molecular weight is 189 g/mol. The Morgan fingerprint density at radius 2 is 2.29 bits per heavy atom. The smallest absolute Gasteiger partial charge is 0.325 e. The lowest BCUT2D eigenvalue weighted by Crippen LogP contribution is -2.15. The number of benzene rings is 1. The molecule has 0 amide bonds. The Hall–Kier alpha value is -1.68. The van der Waals surface area contributed by atoms with E-state index in [1.54, 1.807) is 0 Å². The molecule has 2 rings (SSSR count). The van der Waals surface area contributed by atoms with E-state index in [0.717, 1.165) is 22.2 Å². The van der Waals surface area contributed by atoms with Crippen LogP contribution in [0.15, 0.2) is 23.0 Å². The zero-order valence-corrected chi connectivity index (χ0v) is 7.87. The van der Waals surface area contributed by atoms with E-state index in [9.17, 15) is 4.79 Å². The highest BCUT2D eigenvalue weighted by Crippen LogP contribution is 2.16. The number of hydrogen-bond acceptors (Lipinski definition) is 3. The van der Waals surface area contributed by atoms with Crippen molar-refractivity contribution in [3.8, 4) is 0 Å². The molecule has 4 nitrogen and oxygen atoms in total. The van der Waals surface area contributed by atoms with Crippen molar-refractivity contribution in [2.24, 2.45) is 5.73 Å². The summed E-state index contributed by atoms with van der Waals surface area (Å²) in [5.41, 5.74) is 7.66. The van der Waals surface area contributed by atoms with Crippen LogP contribution in [0.1, 0.15) is 11.3 Å². The molecule has 0 atom stereocenters. The van der Waals surface area contributed by atoms with E-state index >= 15 is 0 Å². The minimum absolute atomic E-state index is 0.317. The molecule has 0 radical (unpaired) electrons. The lowest BCUT2D eigenvalue weighted by molar-refractivity contribution is 0.958. The first-order valence-electron chi connectivity index (χ1n) is 4.41. The van der Waals surface area contributed by atoms with Crippen molar-refractivity contribution in [2.75, 3.05) is 0 Å². The second-order valence-electron chi connectivity index (χ2n) is 3.20. The summed E-state index contributed by atoms with van der Waals surface area (Å²) in [6, 6.07) is 5.76. The van der Waals surface area contributed by atoms with Crippen LogP contribution in [0.5, 0.6) is 0 Å². The zero-order valence-electron chi connectivity index (χ0n) is 7.87. The summed E-state index contributed by atoms with van der Waals surface area (Å²) in [5.74, 6) is 0. The van der Waals surface area contributed by atoms with Gasteiger partial charge in [-0.05, 0) is 12.5 Å². The van der Waals surface area contributed by atoms with Crippen LogP contribution in [0.3, 0.4) is 0 Å². The molecule has 0 spiro atoms. The Kier molecular flexibility index (Phi) is 2.05. The van der Waals surface area contributed by atoms with Crippen LogP contribution in [0.4, 0.5) is 0 Å². The van der Waals surface area contributed by atoms with Crippen LogP contribution in [-0.4, -0.2) is 9.97 Å². The molecule has 0 fully saturated rings. The van der Waals surface area contributed by atoms with E-state index in [0.29, 0.717) is 6.54 Å². The third-order valence-corrected chi connectivity index (χ3v) is 2.24. The summed E-state index contributed by atoms with van der Waals surface area (Å²) < 4.78 is 0. The van der Waals surface area contributed by atoms with E-state index in [2.05, 4.69) is 9.97 Å². The van der Waals surface area contributed by atoms with E-state index < -0.39 is 0 Å². The normalized spacial score (nSPS) is 10.7. The largest absolute Gasteiger partial charge is 0.345 e. The van der Waals surface area contributed by atoms with E-state index in [4.69, 9.17) is 5.73 Å².